The van der Waals surface area contributed by atoms with Crippen LogP contribution in [0.15, 0.2) is 24.3 Å². The van der Waals surface area contributed by atoms with Gasteiger partial charge in [-0.25, -0.2) is 14.2 Å². The average Bonchev–Trinajstić information content (AvgIpc) is 2.61. The zero-order chi connectivity index (χ0) is 11.7. The predicted octanol–water partition coefficient (Wildman–Crippen LogP) is 2.57. The topological polar surface area (TPSA) is 66.0 Å². The van der Waals surface area contributed by atoms with Crippen LogP contribution in [0, 0.1) is 5.82 Å². The molecule has 1 aromatic heterocycles. The number of nitrogens with zero attached hydrogens (tertiary/aromatic N) is 1. The minimum atomic E-state index is -1.21. The van der Waals surface area contributed by atoms with Gasteiger partial charge in [-0.1, -0.05) is 11.6 Å². The first-order valence-electron chi connectivity index (χ1n) is 4.32. The average molecular weight is 241 g/mol. The van der Waals surface area contributed by atoms with E-state index in [0.29, 0.717) is 11.4 Å². The molecule has 0 spiro atoms. The van der Waals surface area contributed by atoms with E-state index >= 15 is 0 Å². The van der Waals surface area contributed by atoms with Gasteiger partial charge in [0.15, 0.2) is 5.69 Å². The number of hydrogen-bond acceptors (Lipinski definition) is 2. The Balaban J connectivity index is 2.45. The highest BCUT2D eigenvalue weighted by Crippen LogP contribution is 2.21. The van der Waals surface area contributed by atoms with Crippen LogP contribution in [0.5, 0.6) is 0 Å². The minimum Gasteiger partial charge on any atom is -0.476 e. The van der Waals surface area contributed by atoms with Crippen molar-refractivity contribution in [2.75, 3.05) is 0 Å². The van der Waals surface area contributed by atoms with Crippen molar-refractivity contribution in [3.8, 4) is 11.4 Å². The maximum absolute atomic E-state index is 12.7. The Bertz CT molecular complexity index is 536. The molecule has 82 valence electrons. The summed E-state index contributed by atoms with van der Waals surface area (Å²) < 4.78 is 12.7. The van der Waals surface area contributed by atoms with E-state index in [9.17, 15) is 9.18 Å². The van der Waals surface area contributed by atoms with E-state index in [1.807, 2.05) is 0 Å². The SMILES string of the molecule is O=C(O)c1nc(-c2ccc(F)cc2)[nH]c1Cl. The van der Waals surface area contributed by atoms with E-state index in [1.54, 1.807) is 0 Å². The second-order valence-corrected chi connectivity index (χ2v) is 3.44. The molecular weight excluding hydrogens is 235 g/mol. The minimum absolute atomic E-state index is 0.0492. The van der Waals surface area contributed by atoms with Crippen LogP contribution in [0.3, 0.4) is 0 Å². The van der Waals surface area contributed by atoms with Gasteiger partial charge in [0.05, 0.1) is 0 Å². The molecule has 1 aromatic carbocycles. The van der Waals surface area contributed by atoms with Gasteiger partial charge in [0.2, 0.25) is 0 Å². The normalized spacial score (nSPS) is 10.4. The number of aromatic nitrogens is 2. The molecule has 0 aliphatic carbocycles. The second kappa shape index (κ2) is 3.94. The van der Waals surface area contributed by atoms with Gasteiger partial charge in [-0.05, 0) is 24.3 Å². The van der Waals surface area contributed by atoms with E-state index in [0.717, 1.165) is 0 Å². The molecule has 0 atom stereocenters. The fourth-order valence-electron chi connectivity index (χ4n) is 1.24. The Morgan fingerprint density at radius 1 is 1.38 bits per heavy atom. The summed E-state index contributed by atoms with van der Waals surface area (Å²) >= 11 is 5.65. The molecule has 1 heterocycles. The predicted molar refractivity (Wildman–Crippen MR) is 56.0 cm³/mol. The summed E-state index contributed by atoms with van der Waals surface area (Å²) in [6.45, 7) is 0. The molecule has 0 radical (unpaired) electrons. The molecule has 4 nitrogen and oxygen atoms in total. The number of hydrogen-bond donors (Lipinski definition) is 2. The van der Waals surface area contributed by atoms with E-state index in [4.69, 9.17) is 16.7 Å². The molecule has 0 aliphatic heterocycles. The van der Waals surface area contributed by atoms with Crippen LogP contribution in [0.25, 0.3) is 11.4 Å². The fraction of sp³-hybridized carbons (Fsp3) is 0. The number of halogens is 2. The molecule has 0 unspecified atom stereocenters. The number of nitrogens with one attached hydrogen (secondary N) is 1. The summed E-state index contributed by atoms with van der Waals surface area (Å²) in [5.74, 6) is -1.29. The summed E-state index contributed by atoms with van der Waals surface area (Å²) in [5.41, 5.74) is 0.316. The van der Waals surface area contributed by atoms with Gasteiger partial charge < -0.3 is 10.1 Å². The number of rotatable bonds is 2. The van der Waals surface area contributed by atoms with Crippen LogP contribution >= 0.6 is 11.6 Å². The molecule has 0 bridgehead atoms. The maximum atomic E-state index is 12.7. The summed E-state index contributed by atoms with van der Waals surface area (Å²) in [6, 6.07) is 5.48. The Morgan fingerprint density at radius 2 is 2.00 bits per heavy atom. The number of carbonyl (C=O) groups is 1. The van der Waals surface area contributed by atoms with Crippen molar-refractivity contribution < 1.29 is 14.3 Å². The molecule has 2 aromatic rings. The second-order valence-electron chi connectivity index (χ2n) is 3.06. The van der Waals surface area contributed by atoms with Gasteiger partial charge >= 0.3 is 5.97 Å². The van der Waals surface area contributed by atoms with Crippen LogP contribution in [0.2, 0.25) is 5.15 Å². The number of benzene rings is 1. The van der Waals surface area contributed by atoms with Crippen LogP contribution in [-0.2, 0) is 0 Å². The van der Waals surface area contributed by atoms with Crippen molar-refractivity contribution in [3.63, 3.8) is 0 Å². The van der Waals surface area contributed by atoms with Gasteiger partial charge in [0.1, 0.15) is 16.8 Å². The number of H-pyrrole nitrogens is 1. The molecule has 0 saturated carbocycles. The maximum Gasteiger partial charge on any atom is 0.357 e. The highest BCUT2D eigenvalue weighted by atomic mass is 35.5. The molecule has 0 aliphatic rings. The number of aromatic amines is 1. The van der Waals surface area contributed by atoms with Crippen LogP contribution < -0.4 is 0 Å². The quantitative estimate of drug-likeness (QED) is 0.848. The first-order chi connectivity index (χ1) is 7.58. The van der Waals surface area contributed by atoms with E-state index < -0.39 is 5.97 Å². The number of imidazole rings is 1. The van der Waals surface area contributed by atoms with Crippen LogP contribution in [0.4, 0.5) is 4.39 Å². The Kier molecular flexibility index (Phi) is 2.62. The molecule has 2 N–H and O–H groups in total. The summed E-state index contributed by atoms with van der Waals surface area (Å²) in [5, 5.41) is 8.69. The van der Waals surface area contributed by atoms with Gasteiger partial charge in [0, 0.05) is 5.56 Å². The van der Waals surface area contributed by atoms with Gasteiger partial charge in [-0.3, -0.25) is 0 Å². The lowest BCUT2D eigenvalue weighted by molar-refractivity contribution is 0.0691. The van der Waals surface area contributed by atoms with Crippen molar-refractivity contribution >= 4 is 17.6 Å². The van der Waals surface area contributed by atoms with Crippen molar-refractivity contribution in [2.45, 2.75) is 0 Å². The molecular formula is C10H6ClFN2O2. The lowest BCUT2D eigenvalue weighted by atomic mass is 10.2. The third-order valence-electron chi connectivity index (χ3n) is 1.98. The smallest absolute Gasteiger partial charge is 0.357 e. The standard InChI is InChI=1S/C10H6ClFN2O2/c11-8-7(10(15)16)13-9(14-8)5-1-3-6(12)4-2-5/h1-4H,(H,13,14)(H,15,16). The molecule has 2 rings (SSSR count). The third-order valence-corrected chi connectivity index (χ3v) is 2.25. The zero-order valence-corrected chi connectivity index (χ0v) is 8.62. The first kappa shape index (κ1) is 10.6. The number of aromatic carboxylic acids is 1. The number of carboxylic acid groups (broad SMARTS) is 1. The lowest BCUT2D eigenvalue weighted by Crippen LogP contribution is -1.96. The summed E-state index contributed by atoms with van der Waals surface area (Å²) in [6.07, 6.45) is 0. The fourth-order valence-corrected chi connectivity index (χ4v) is 1.45. The monoisotopic (exact) mass is 240 g/mol. The molecule has 0 saturated heterocycles. The summed E-state index contributed by atoms with van der Waals surface area (Å²) in [7, 11) is 0. The highest BCUT2D eigenvalue weighted by Gasteiger charge is 2.15. The molecule has 0 fully saturated rings. The van der Waals surface area contributed by atoms with Crippen LogP contribution in [0.1, 0.15) is 10.5 Å². The van der Waals surface area contributed by atoms with Crippen LogP contribution in [-0.4, -0.2) is 21.0 Å². The van der Waals surface area contributed by atoms with E-state index in [-0.39, 0.29) is 16.7 Å². The van der Waals surface area contributed by atoms with Gasteiger partial charge in [-0.2, -0.15) is 0 Å². The largest absolute Gasteiger partial charge is 0.476 e. The van der Waals surface area contributed by atoms with Crippen molar-refractivity contribution in [2.24, 2.45) is 0 Å². The highest BCUT2D eigenvalue weighted by molar-refractivity contribution is 6.32. The zero-order valence-electron chi connectivity index (χ0n) is 7.87. The van der Waals surface area contributed by atoms with Gasteiger partial charge in [-0.15, -0.1) is 0 Å². The molecule has 6 heteroatoms. The molecule has 0 amide bonds. The third kappa shape index (κ3) is 1.90. The first-order valence-corrected chi connectivity index (χ1v) is 4.70. The van der Waals surface area contributed by atoms with Crippen molar-refractivity contribution in [3.05, 3.63) is 40.9 Å². The van der Waals surface area contributed by atoms with E-state index in [1.165, 1.54) is 24.3 Å². The van der Waals surface area contributed by atoms with Crippen molar-refractivity contribution in [1.29, 1.82) is 0 Å². The number of carboxylic acids is 1. The Hall–Kier alpha value is -1.88. The van der Waals surface area contributed by atoms with Crippen molar-refractivity contribution in [1.82, 2.24) is 9.97 Å². The molecule has 16 heavy (non-hydrogen) atoms. The van der Waals surface area contributed by atoms with E-state index in [2.05, 4.69) is 9.97 Å². The lowest BCUT2D eigenvalue weighted by Gasteiger charge is -1.94. The summed E-state index contributed by atoms with van der Waals surface area (Å²) in [4.78, 5) is 17.1. The Labute approximate surface area is 94.7 Å². The Morgan fingerprint density at radius 3 is 2.50 bits per heavy atom. The van der Waals surface area contributed by atoms with Gasteiger partial charge in [0.25, 0.3) is 0 Å².